The van der Waals surface area contributed by atoms with E-state index in [9.17, 15) is 0 Å². The van der Waals surface area contributed by atoms with E-state index < -0.39 is 0 Å². The first-order valence-electron chi connectivity index (χ1n) is 3.39. The average molecular weight is 164 g/mol. The van der Waals surface area contributed by atoms with Crippen LogP contribution in [0.4, 0.5) is 0 Å². The molecule has 0 radical (unpaired) electrons. The van der Waals surface area contributed by atoms with E-state index in [4.69, 9.17) is 0 Å². The molecule has 0 aromatic carbocycles. The summed E-state index contributed by atoms with van der Waals surface area (Å²) in [5.74, 6) is 0. The van der Waals surface area contributed by atoms with Crippen molar-refractivity contribution in [3.05, 3.63) is 0 Å². The van der Waals surface area contributed by atoms with Gasteiger partial charge in [-0.05, 0) is 6.42 Å². The van der Waals surface area contributed by atoms with Gasteiger partial charge < -0.3 is 0 Å². The van der Waals surface area contributed by atoms with Gasteiger partial charge in [-0.15, -0.1) is 21.0 Å². The van der Waals surface area contributed by atoms with E-state index in [0.717, 1.165) is 4.99 Å². The minimum atomic E-state index is 0.419. The molecule has 0 aliphatic carbocycles. The topological polar surface area (TPSA) is 0 Å². The highest BCUT2D eigenvalue weighted by molar-refractivity contribution is 8.04. The molecular weight excluding hydrogens is 147 g/mol. The zero-order valence-corrected chi connectivity index (χ0v) is 8.74. The molecule has 56 valence electrons. The lowest BCUT2D eigenvalue weighted by molar-refractivity contribution is 0.798. The van der Waals surface area contributed by atoms with Gasteiger partial charge in [-0.1, -0.05) is 27.7 Å². The summed E-state index contributed by atoms with van der Waals surface area (Å²) in [7, 11) is 2.86. The Hall–Kier alpha value is 0.780. The third kappa shape index (κ3) is 6.67. The fraction of sp³-hybridized carbons (Fsp3) is 1.00. The Morgan fingerprint density at radius 3 is 2.00 bits per heavy atom. The molecule has 2 heteroatoms. The highest BCUT2D eigenvalue weighted by Crippen LogP contribution is 2.32. The molecule has 0 saturated carbocycles. The zero-order valence-electron chi connectivity index (χ0n) is 6.77. The maximum atomic E-state index is 2.86. The van der Waals surface area contributed by atoms with Crippen LogP contribution < -0.4 is 0 Å². The van der Waals surface area contributed by atoms with Crippen LogP contribution in [-0.2, 0) is 0 Å². The first kappa shape index (κ1) is 9.78. The van der Waals surface area contributed by atoms with E-state index in [1.807, 2.05) is 11.8 Å². The summed E-state index contributed by atoms with van der Waals surface area (Å²) in [6.07, 6.45) is 1.24. The van der Waals surface area contributed by atoms with Crippen molar-refractivity contribution < 1.29 is 0 Å². The van der Waals surface area contributed by atoms with Crippen molar-refractivity contribution in [3.63, 3.8) is 0 Å². The predicted molar refractivity (Wildman–Crippen MR) is 51.1 cm³/mol. The van der Waals surface area contributed by atoms with E-state index in [1.54, 1.807) is 0 Å². The van der Waals surface area contributed by atoms with Gasteiger partial charge in [-0.3, -0.25) is 0 Å². The predicted octanol–water partition coefficient (Wildman–Crippen LogP) is 3.13. The van der Waals surface area contributed by atoms with Gasteiger partial charge in [-0.25, -0.2) is 0 Å². The molecule has 0 aliphatic heterocycles. The normalized spacial score (nSPS) is 15.7. The van der Waals surface area contributed by atoms with Gasteiger partial charge in [0.2, 0.25) is 0 Å². The fourth-order valence-electron chi connectivity index (χ4n) is 0.537. The lowest BCUT2D eigenvalue weighted by atomic mass is 10.3. The van der Waals surface area contributed by atoms with E-state index in [1.165, 1.54) is 6.42 Å². The number of thioether (sulfide) groups is 1. The van der Waals surface area contributed by atoms with Crippen LogP contribution in [0.3, 0.4) is 0 Å². The zero-order chi connectivity index (χ0) is 7.49. The largest absolute Gasteiger partial charge is 0.148 e. The molecule has 9 heavy (non-hydrogen) atoms. The van der Waals surface area contributed by atoms with Gasteiger partial charge in [0.05, 0.1) is 0 Å². The van der Waals surface area contributed by atoms with Crippen molar-refractivity contribution in [2.75, 3.05) is 0 Å². The Kier molecular flexibility index (Phi) is 4.16. The van der Waals surface area contributed by atoms with Crippen molar-refractivity contribution in [1.29, 1.82) is 0 Å². The Labute approximate surface area is 65.4 Å². The van der Waals surface area contributed by atoms with Gasteiger partial charge in [0.15, 0.2) is 0 Å². The molecule has 0 spiro atoms. The highest BCUT2D eigenvalue weighted by Gasteiger charge is 2.13. The van der Waals surface area contributed by atoms with E-state index in [2.05, 4.69) is 36.9 Å². The van der Waals surface area contributed by atoms with Gasteiger partial charge in [-0.2, -0.15) is 0 Å². The quantitative estimate of drug-likeness (QED) is 0.565. The molecule has 0 aromatic heterocycles. The Morgan fingerprint density at radius 2 is 1.89 bits per heavy atom. The second-order valence-corrected chi connectivity index (χ2v) is 6.53. The molecule has 0 fully saturated rings. The Bertz CT molecular complexity index is 75.5. The van der Waals surface area contributed by atoms with Crippen molar-refractivity contribution in [3.8, 4) is 0 Å². The van der Waals surface area contributed by atoms with Crippen LogP contribution in [0.25, 0.3) is 0 Å². The SMILES string of the molecule is CCC(P)SC(C)(C)C. The van der Waals surface area contributed by atoms with Gasteiger partial charge >= 0.3 is 0 Å². The molecule has 0 heterocycles. The summed E-state index contributed by atoms with van der Waals surface area (Å²) in [4.78, 5) is 0.727. The van der Waals surface area contributed by atoms with Gasteiger partial charge in [0.1, 0.15) is 0 Å². The number of hydrogen-bond donors (Lipinski definition) is 0. The third-order valence-electron chi connectivity index (χ3n) is 0.907. The molecule has 0 aliphatic rings. The molecule has 0 amide bonds. The van der Waals surface area contributed by atoms with Crippen LogP contribution in [0.2, 0.25) is 0 Å². The summed E-state index contributed by atoms with van der Waals surface area (Å²) in [6.45, 7) is 8.98. The van der Waals surface area contributed by atoms with Gasteiger partial charge in [0, 0.05) is 9.74 Å². The summed E-state index contributed by atoms with van der Waals surface area (Å²) < 4.78 is 0.419. The van der Waals surface area contributed by atoms with Crippen LogP contribution in [0.5, 0.6) is 0 Å². The molecule has 0 rings (SSSR count). The van der Waals surface area contributed by atoms with Crippen LogP contribution in [0, 0.1) is 0 Å². The summed E-state index contributed by atoms with van der Waals surface area (Å²) in [6, 6.07) is 0. The van der Waals surface area contributed by atoms with E-state index in [-0.39, 0.29) is 0 Å². The second-order valence-electron chi connectivity index (χ2n) is 3.18. The van der Waals surface area contributed by atoms with Crippen LogP contribution >= 0.6 is 21.0 Å². The highest BCUT2D eigenvalue weighted by atomic mass is 32.2. The summed E-state index contributed by atoms with van der Waals surface area (Å²) in [5.41, 5.74) is 0. The summed E-state index contributed by atoms with van der Waals surface area (Å²) in [5, 5.41) is 0. The van der Waals surface area contributed by atoms with Crippen molar-refractivity contribution >= 4 is 21.0 Å². The van der Waals surface area contributed by atoms with E-state index in [0.29, 0.717) is 4.75 Å². The van der Waals surface area contributed by atoms with Crippen molar-refractivity contribution in [2.24, 2.45) is 0 Å². The fourth-order valence-corrected chi connectivity index (χ4v) is 2.84. The number of rotatable bonds is 2. The number of hydrogen-bond acceptors (Lipinski definition) is 1. The smallest absolute Gasteiger partial charge is 0.0193 e. The van der Waals surface area contributed by atoms with Crippen LogP contribution in [0.15, 0.2) is 0 Å². The second kappa shape index (κ2) is 3.83. The Balaban J connectivity index is 3.47. The molecule has 2 atom stereocenters. The lowest BCUT2D eigenvalue weighted by Crippen LogP contribution is -2.10. The lowest BCUT2D eigenvalue weighted by Gasteiger charge is -2.21. The van der Waals surface area contributed by atoms with Crippen LogP contribution in [-0.4, -0.2) is 9.74 Å². The molecular formula is C7H17PS. The van der Waals surface area contributed by atoms with Crippen molar-refractivity contribution in [1.82, 2.24) is 0 Å². The minimum absolute atomic E-state index is 0.419. The third-order valence-corrected chi connectivity index (χ3v) is 3.13. The first-order valence-corrected chi connectivity index (χ1v) is 4.93. The molecule has 0 aromatic rings. The minimum Gasteiger partial charge on any atom is -0.148 e. The Morgan fingerprint density at radius 1 is 1.44 bits per heavy atom. The molecule has 0 N–H and O–H groups in total. The molecule has 0 nitrogen and oxygen atoms in total. The maximum Gasteiger partial charge on any atom is 0.0193 e. The summed E-state index contributed by atoms with van der Waals surface area (Å²) >= 11 is 2.02. The van der Waals surface area contributed by atoms with Crippen LogP contribution in [0.1, 0.15) is 34.1 Å². The van der Waals surface area contributed by atoms with E-state index >= 15 is 0 Å². The average Bonchev–Trinajstić information content (AvgIpc) is 1.62. The van der Waals surface area contributed by atoms with Gasteiger partial charge in [0.25, 0.3) is 0 Å². The standard InChI is InChI=1S/C7H17PS/c1-5-6(8)9-7(2,3)4/h6H,5,8H2,1-4H3. The first-order chi connectivity index (χ1) is 3.95. The van der Waals surface area contributed by atoms with Crippen molar-refractivity contribution in [2.45, 2.75) is 43.9 Å². The monoisotopic (exact) mass is 164 g/mol. The maximum absolute atomic E-state index is 2.86. The molecule has 2 unspecified atom stereocenters. The molecule has 0 saturated heterocycles. The molecule has 0 bridgehead atoms.